The van der Waals surface area contributed by atoms with Crippen LogP contribution in [0.1, 0.15) is 57.7 Å². The molecule has 3 rings (SSSR count). The fraction of sp³-hybridized carbons (Fsp3) is 0.696. The predicted molar refractivity (Wildman–Crippen MR) is 115 cm³/mol. The molecule has 0 bridgehead atoms. The summed E-state index contributed by atoms with van der Waals surface area (Å²) in [6.07, 6.45) is 4.07. The van der Waals surface area contributed by atoms with E-state index >= 15 is 0 Å². The SMILES string of the molecule is CCN1CCCc2cc3c(cc21)CCN(C(=O)OC(C)(C)C)CC3.CCOC. The van der Waals surface area contributed by atoms with E-state index in [0.29, 0.717) is 0 Å². The van der Waals surface area contributed by atoms with Crippen molar-refractivity contribution in [2.75, 3.05) is 44.8 Å². The molecule has 0 radical (unpaired) electrons. The summed E-state index contributed by atoms with van der Waals surface area (Å²) >= 11 is 0. The first-order valence-electron chi connectivity index (χ1n) is 10.7. The van der Waals surface area contributed by atoms with Gasteiger partial charge in [0.1, 0.15) is 5.60 Å². The number of amides is 1. The van der Waals surface area contributed by atoms with Gasteiger partial charge in [-0.2, -0.15) is 0 Å². The van der Waals surface area contributed by atoms with E-state index in [4.69, 9.17) is 4.74 Å². The highest BCUT2D eigenvalue weighted by atomic mass is 16.6. The molecule has 5 heteroatoms. The zero-order valence-corrected chi connectivity index (χ0v) is 18.6. The van der Waals surface area contributed by atoms with Crippen LogP contribution in [0.15, 0.2) is 12.1 Å². The Morgan fingerprint density at radius 1 is 1.00 bits per heavy atom. The van der Waals surface area contributed by atoms with E-state index in [1.54, 1.807) is 7.11 Å². The average molecular weight is 391 g/mol. The molecule has 5 nitrogen and oxygen atoms in total. The van der Waals surface area contributed by atoms with Gasteiger partial charge in [-0.05, 0) is 83.1 Å². The number of carbonyl (C=O) groups excluding carboxylic acids is 1. The van der Waals surface area contributed by atoms with Crippen molar-refractivity contribution < 1.29 is 14.3 Å². The number of methoxy groups -OCH3 is 1. The van der Waals surface area contributed by atoms with Crippen molar-refractivity contribution in [1.82, 2.24) is 4.90 Å². The number of benzene rings is 1. The van der Waals surface area contributed by atoms with E-state index in [1.165, 1.54) is 35.2 Å². The minimum Gasteiger partial charge on any atom is -0.444 e. The quantitative estimate of drug-likeness (QED) is 0.748. The van der Waals surface area contributed by atoms with Gasteiger partial charge in [0, 0.05) is 45.6 Å². The normalized spacial score (nSPS) is 16.4. The highest BCUT2D eigenvalue weighted by Crippen LogP contribution is 2.31. The monoisotopic (exact) mass is 390 g/mol. The molecule has 1 amide bonds. The molecule has 0 aromatic heterocycles. The van der Waals surface area contributed by atoms with Crippen molar-refractivity contribution in [3.8, 4) is 0 Å². The zero-order valence-electron chi connectivity index (χ0n) is 18.6. The van der Waals surface area contributed by atoms with Crippen LogP contribution in [-0.4, -0.2) is 56.5 Å². The lowest BCUT2D eigenvalue weighted by Crippen LogP contribution is -2.38. The van der Waals surface area contributed by atoms with Crippen molar-refractivity contribution in [3.63, 3.8) is 0 Å². The summed E-state index contributed by atoms with van der Waals surface area (Å²) in [5.74, 6) is 0. The smallest absolute Gasteiger partial charge is 0.410 e. The Bertz CT molecular complexity index is 650. The van der Waals surface area contributed by atoms with Crippen LogP contribution in [0.3, 0.4) is 0 Å². The molecular weight excluding hydrogens is 352 g/mol. The molecule has 0 N–H and O–H groups in total. The van der Waals surface area contributed by atoms with E-state index < -0.39 is 5.60 Å². The maximum atomic E-state index is 12.4. The van der Waals surface area contributed by atoms with E-state index in [9.17, 15) is 4.79 Å². The van der Waals surface area contributed by atoms with Gasteiger partial charge in [-0.25, -0.2) is 4.79 Å². The van der Waals surface area contributed by atoms with Gasteiger partial charge in [0.05, 0.1) is 0 Å². The molecule has 0 spiro atoms. The molecular formula is C23H38N2O3. The molecule has 2 heterocycles. The van der Waals surface area contributed by atoms with Crippen LogP contribution in [0, 0.1) is 0 Å². The minimum atomic E-state index is -0.434. The summed E-state index contributed by atoms with van der Waals surface area (Å²) in [5, 5.41) is 0. The molecule has 0 unspecified atom stereocenters. The second kappa shape index (κ2) is 10.1. The van der Waals surface area contributed by atoms with Crippen molar-refractivity contribution in [2.45, 2.75) is 65.9 Å². The Kier molecular flexibility index (Phi) is 8.17. The van der Waals surface area contributed by atoms with Crippen molar-refractivity contribution in [3.05, 3.63) is 28.8 Å². The summed E-state index contributed by atoms with van der Waals surface area (Å²) in [6.45, 7) is 14.5. The molecule has 2 aliphatic heterocycles. The third kappa shape index (κ3) is 6.13. The Hall–Kier alpha value is -1.75. The lowest BCUT2D eigenvalue weighted by molar-refractivity contribution is 0.0258. The average Bonchev–Trinajstić information content (AvgIpc) is 2.86. The first-order valence-corrected chi connectivity index (χ1v) is 10.7. The molecule has 0 saturated carbocycles. The molecule has 158 valence electrons. The van der Waals surface area contributed by atoms with Crippen LogP contribution in [0.4, 0.5) is 10.5 Å². The maximum absolute atomic E-state index is 12.4. The second-order valence-electron chi connectivity index (χ2n) is 8.48. The van der Waals surface area contributed by atoms with Gasteiger partial charge in [0.2, 0.25) is 0 Å². The molecule has 0 saturated heterocycles. The van der Waals surface area contributed by atoms with E-state index in [0.717, 1.165) is 45.6 Å². The van der Waals surface area contributed by atoms with Crippen LogP contribution in [0.25, 0.3) is 0 Å². The number of hydrogen-bond acceptors (Lipinski definition) is 4. The van der Waals surface area contributed by atoms with Gasteiger partial charge in [-0.15, -0.1) is 0 Å². The Labute approximate surface area is 171 Å². The highest BCUT2D eigenvalue weighted by Gasteiger charge is 2.25. The number of aryl methyl sites for hydroxylation is 1. The third-order valence-electron chi connectivity index (χ3n) is 5.24. The number of nitrogens with zero attached hydrogens (tertiary/aromatic N) is 2. The van der Waals surface area contributed by atoms with E-state index in [1.807, 2.05) is 32.6 Å². The van der Waals surface area contributed by atoms with Gasteiger partial charge in [-0.1, -0.05) is 6.07 Å². The number of hydrogen-bond donors (Lipinski definition) is 0. The molecule has 0 aliphatic carbocycles. The van der Waals surface area contributed by atoms with Crippen LogP contribution < -0.4 is 4.90 Å². The first-order chi connectivity index (χ1) is 13.3. The molecule has 1 aromatic rings. The van der Waals surface area contributed by atoms with Crippen LogP contribution in [-0.2, 0) is 28.7 Å². The summed E-state index contributed by atoms with van der Waals surface area (Å²) in [5.41, 5.74) is 5.27. The highest BCUT2D eigenvalue weighted by molar-refractivity contribution is 5.68. The predicted octanol–water partition coefficient (Wildman–Crippen LogP) is 4.45. The number of fused-ring (bicyclic) bond motifs is 2. The Balaban J connectivity index is 0.000000640. The summed E-state index contributed by atoms with van der Waals surface area (Å²) in [6, 6.07) is 4.77. The van der Waals surface area contributed by atoms with Gasteiger partial charge < -0.3 is 19.3 Å². The second-order valence-corrected chi connectivity index (χ2v) is 8.48. The van der Waals surface area contributed by atoms with Crippen LogP contribution in [0.5, 0.6) is 0 Å². The number of carbonyl (C=O) groups is 1. The molecule has 2 aliphatic rings. The third-order valence-corrected chi connectivity index (χ3v) is 5.24. The summed E-state index contributed by atoms with van der Waals surface area (Å²) in [7, 11) is 1.68. The number of ether oxygens (including phenoxy) is 2. The zero-order chi connectivity index (χ0) is 20.7. The first kappa shape index (κ1) is 22.5. The molecule has 0 fully saturated rings. The Morgan fingerprint density at radius 3 is 2.14 bits per heavy atom. The Morgan fingerprint density at radius 2 is 1.61 bits per heavy atom. The maximum Gasteiger partial charge on any atom is 0.410 e. The largest absolute Gasteiger partial charge is 0.444 e. The molecule has 28 heavy (non-hydrogen) atoms. The van der Waals surface area contributed by atoms with Gasteiger partial charge in [0.15, 0.2) is 0 Å². The molecule has 1 aromatic carbocycles. The topological polar surface area (TPSA) is 42.0 Å². The van der Waals surface area contributed by atoms with Gasteiger partial charge >= 0.3 is 6.09 Å². The van der Waals surface area contributed by atoms with Crippen molar-refractivity contribution >= 4 is 11.8 Å². The molecule has 0 atom stereocenters. The lowest BCUT2D eigenvalue weighted by atomic mass is 9.93. The van der Waals surface area contributed by atoms with Crippen molar-refractivity contribution in [1.29, 1.82) is 0 Å². The van der Waals surface area contributed by atoms with E-state index in [-0.39, 0.29) is 6.09 Å². The summed E-state index contributed by atoms with van der Waals surface area (Å²) in [4.78, 5) is 16.7. The lowest BCUT2D eigenvalue weighted by Gasteiger charge is -2.31. The van der Waals surface area contributed by atoms with Gasteiger partial charge in [-0.3, -0.25) is 0 Å². The fourth-order valence-electron chi connectivity index (χ4n) is 3.73. The van der Waals surface area contributed by atoms with Crippen LogP contribution in [0.2, 0.25) is 0 Å². The summed E-state index contributed by atoms with van der Waals surface area (Å²) < 4.78 is 10.1. The minimum absolute atomic E-state index is 0.185. The fourth-order valence-corrected chi connectivity index (χ4v) is 3.73. The van der Waals surface area contributed by atoms with Gasteiger partial charge in [0.25, 0.3) is 0 Å². The van der Waals surface area contributed by atoms with Crippen molar-refractivity contribution in [2.24, 2.45) is 0 Å². The van der Waals surface area contributed by atoms with Crippen LogP contribution >= 0.6 is 0 Å². The number of rotatable bonds is 2. The van der Waals surface area contributed by atoms with E-state index in [2.05, 4.69) is 28.7 Å². The number of anilines is 1. The standard InChI is InChI=1S/C20H30N2O2.C3H8O/c1-5-21-10-6-7-17-13-15-8-11-22(19(23)24-20(2,3)4)12-9-16(15)14-18(17)21;1-3-4-2/h13-14H,5-12H2,1-4H3;3H2,1-2H3.